The van der Waals surface area contributed by atoms with Crippen LogP contribution in [-0.4, -0.2) is 14.5 Å². The molecule has 1 N–H and O–H groups in total. The highest BCUT2D eigenvalue weighted by Crippen LogP contribution is 2.32. The van der Waals surface area contributed by atoms with Gasteiger partial charge in [-0.05, 0) is 24.3 Å². The summed E-state index contributed by atoms with van der Waals surface area (Å²) in [6.07, 6.45) is 3.06. The Bertz CT molecular complexity index is 1390. The van der Waals surface area contributed by atoms with Crippen molar-refractivity contribution in [2.45, 2.75) is 6.54 Å². The molecule has 3 aromatic heterocycles. The average molecular weight is 445 g/mol. The maximum absolute atomic E-state index is 12.9. The first-order chi connectivity index (χ1) is 15.7. The summed E-state index contributed by atoms with van der Waals surface area (Å²) in [6.45, 7) is 0.348. The van der Waals surface area contributed by atoms with Crippen molar-refractivity contribution in [2.24, 2.45) is 0 Å². The van der Waals surface area contributed by atoms with Gasteiger partial charge in [0.25, 0.3) is 0 Å². The van der Waals surface area contributed by atoms with E-state index in [0.29, 0.717) is 29.8 Å². The van der Waals surface area contributed by atoms with Crippen LogP contribution in [0.25, 0.3) is 28.6 Å². The number of rotatable bonds is 6. The van der Waals surface area contributed by atoms with Gasteiger partial charge in [0.1, 0.15) is 5.76 Å². The molecule has 2 aromatic carbocycles. The maximum Gasteiger partial charge on any atom is 0.355 e. The Balaban J connectivity index is 1.58. The van der Waals surface area contributed by atoms with Gasteiger partial charge in [0.2, 0.25) is 5.89 Å². The van der Waals surface area contributed by atoms with E-state index in [0.717, 1.165) is 11.1 Å². The molecule has 0 amide bonds. The molecule has 0 aliphatic rings. The van der Waals surface area contributed by atoms with E-state index < -0.39 is 5.69 Å². The molecule has 8 heteroatoms. The molecule has 0 bridgehead atoms. The van der Waals surface area contributed by atoms with Gasteiger partial charge in [0, 0.05) is 17.3 Å². The van der Waals surface area contributed by atoms with E-state index in [-0.39, 0.29) is 10.8 Å². The molecule has 0 aliphatic carbocycles. The molecule has 0 saturated heterocycles. The largest absolute Gasteiger partial charge is 0.467 e. The van der Waals surface area contributed by atoms with Crippen molar-refractivity contribution in [3.8, 4) is 28.6 Å². The minimum absolute atomic E-state index is 0.261. The molecule has 0 atom stereocenters. The van der Waals surface area contributed by atoms with Crippen LogP contribution in [0.1, 0.15) is 5.76 Å². The minimum atomic E-state index is -0.540. The fraction of sp³-hybridized carbons (Fsp3) is 0.0417. The number of benzene rings is 2. The molecular weight excluding hydrogens is 428 g/mol. The van der Waals surface area contributed by atoms with E-state index >= 15 is 0 Å². The summed E-state index contributed by atoms with van der Waals surface area (Å²) in [7, 11) is 0. The van der Waals surface area contributed by atoms with Gasteiger partial charge in [-0.1, -0.05) is 60.1 Å². The lowest BCUT2D eigenvalue weighted by molar-refractivity contribution is 0.517. The van der Waals surface area contributed by atoms with Crippen molar-refractivity contribution in [2.75, 3.05) is 5.32 Å². The smallest absolute Gasteiger partial charge is 0.355 e. The van der Waals surface area contributed by atoms with Crippen LogP contribution in [0, 0.1) is 0 Å². The van der Waals surface area contributed by atoms with Crippen LogP contribution in [0.4, 0.5) is 5.82 Å². The minimum Gasteiger partial charge on any atom is -0.467 e. The van der Waals surface area contributed by atoms with Crippen LogP contribution < -0.4 is 11.0 Å². The molecule has 32 heavy (non-hydrogen) atoms. The highest BCUT2D eigenvalue weighted by atomic mass is 35.5. The Morgan fingerprint density at radius 2 is 1.62 bits per heavy atom. The Hall–Kier alpha value is -4.10. The molecule has 5 aromatic rings. The molecule has 7 nitrogen and oxygen atoms in total. The fourth-order valence-corrected chi connectivity index (χ4v) is 3.46. The molecule has 0 unspecified atom stereocenters. The first-order valence-corrected chi connectivity index (χ1v) is 10.2. The molecule has 3 heterocycles. The summed E-state index contributed by atoms with van der Waals surface area (Å²) in [6, 6.07) is 22.5. The second-order valence-electron chi connectivity index (χ2n) is 6.93. The van der Waals surface area contributed by atoms with Crippen LogP contribution in [0.5, 0.6) is 0 Å². The van der Waals surface area contributed by atoms with E-state index in [1.807, 2.05) is 66.7 Å². The van der Waals surface area contributed by atoms with Crippen molar-refractivity contribution in [3.05, 3.63) is 107 Å². The number of nitrogens with one attached hydrogen (secondary N) is 1. The van der Waals surface area contributed by atoms with Gasteiger partial charge in [0.15, 0.2) is 17.4 Å². The maximum atomic E-state index is 12.9. The first-order valence-electron chi connectivity index (χ1n) is 9.86. The molecule has 0 saturated carbocycles. The predicted molar refractivity (Wildman–Crippen MR) is 122 cm³/mol. The molecular formula is C24H17ClN4O3. The standard InChI is InChI=1S/C24H17ClN4O3/c25-19-15-29(24(30)27-21(19)26-14-18-12-7-13-31-18)22-20(16-8-3-1-4-9-16)32-23(28-22)17-10-5-2-6-11-17/h1-13,15H,14H2,(H,26,27,30). The summed E-state index contributed by atoms with van der Waals surface area (Å²) < 4.78 is 12.7. The topological polar surface area (TPSA) is 86.1 Å². The summed E-state index contributed by atoms with van der Waals surface area (Å²) >= 11 is 6.44. The number of furan rings is 1. The van der Waals surface area contributed by atoms with Crippen LogP contribution >= 0.6 is 11.6 Å². The third-order valence-electron chi connectivity index (χ3n) is 4.79. The van der Waals surface area contributed by atoms with Crippen LogP contribution in [0.3, 0.4) is 0 Å². The summed E-state index contributed by atoms with van der Waals surface area (Å²) in [4.78, 5) is 21.6. The summed E-state index contributed by atoms with van der Waals surface area (Å²) in [5, 5.41) is 3.28. The van der Waals surface area contributed by atoms with E-state index in [1.165, 1.54) is 10.8 Å². The number of aromatic nitrogens is 3. The van der Waals surface area contributed by atoms with E-state index in [2.05, 4.69) is 15.3 Å². The second-order valence-corrected chi connectivity index (χ2v) is 7.33. The monoisotopic (exact) mass is 444 g/mol. The number of hydrogen-bond acceptors (Lipinski definition) is 6. The third kappa shape index (κ3) is 3.93. The van der Waals surface area contributed by atoms with Gasteiger partial charge < -0.3 is 14.2 Å². The first kappa shape index (κ1) is 19.8. The zero-order valence-electron chi connectivity index (χ0n) is 16.7. The molecule has 0 fully saturated rings. The highest BCUT2D eigenvalue weighted by molar-refractivity contribution is 6.32. The number of halogens is 1. The van der Waals surface area contributed by atoms with Crippen molar-refractivity contribution in [1.29, 1.82) is 0 Å². The van der Waals surface area contributed by atoms with E-state index in [4.69, 9.17) is 20.4 Å². The average Bonchev–Trinajstić information content (AvgIpc) is 3.51. The lowest BCUT2D eigenvalue weighted by Crippen LogP contribution is -2.23. The van der Waals surface area contributed by atoms with Crippen LogP contribution in [0.15, 0.2) is 98.9 Å². The zero-order valence-corrected chi connectivity index (χ0v) is 17.5. The third-order valence-corrected chi connectivity index (χ3v) is 5.06. The van der Waals surface area contributed by atoms with Gasteiger partial charge in [-0.2, -0.15) is 9.97 Å². The van der Waals surface area contributed by atoms with Gasteiger partial charge >= 0.3 is 5.69 Å². The molecule has 0 aliphatic heterocycles. The summed E-state index contributed by atoms with van der Waals surface area (Å²) in [5.74, 6) is 2.11. The predicted octanol–water partition coefficient (Wildman–Crippen LogP) is 5.41. The SMILES string of the molecule is O=c1nc(NCc2ccco2)c(Cl)cn1-c1nc(-c2ccccc2)oc1-c1ccccc1. The van der Waals surface area contributed by atoms with E-state index in [9.17, 15) is 4.79 Å². The highest BCUT2D eigenvalue weighted by Gasteiger charge is 2.20. The van der Waals surface area contributed by atoms with Crippen molar-refractivity contribution >= 4 is 17.4 Å². The Morgan fingerprint density at radius 3 is 2.31 bits per heavy atom. The van der Waals surface area contributed by atoms with Gasteiger partial charge in [-0.3, -0.25) is 0 Å². The van der Waals surface area contributed by atoms with Crippen molar-refractivity contribution in [3.63, 3.8) is 0 Å². The van der Waals surface area contributed by atoms with E-state index in [1.54, 1.807) is 12.3 Å². The molecule has 158 valence electrons. The van der Waals surface area contributed by atoms with Gasteiger partial charge in [-0.15, -0.1) is 0 Å². The lowest BCUT2D eigenvalue weighted by atomic mass is 10.2. The molecule has 0 spiro atoms. The van der Waals surface area contributed by atoms with Crippen LogP contribution in [-0.2, 0) is 6.54 Å². The fourth-order valence-electron chi connectivity index (χ4n) is 3.25. The second kappa shape index (κ2) is 8.56. The zero-order chi connectivity index (χ0) is 21.9. The summed E-state index contributed by atoms with van der Waals surface area (Å²) in [5.41, 5.74) is 1.03. The number of nitrogens with zero attached hydrogens (tertiary/aromatic N) is 3. The number of hydrogen-bond donors (Lipinski definition) is 1. The van der Waals surface area contributed by atoms with Crippen LogP contribution in [0.2, 0.25) is 5.02 Å². The lowest BCUT2D eigenvalue weighted by Gasteiger charge is -2.09. The molecule has 5 rings (SSSR count). The number of anilines is 1. The Labute approximate surface area is 187 Å². The Kier molecular flexibility index (Phi) is 5.31. The quantitative estimate of drug-likeness (QED) is 0.376. The Morgan fingerprint density at radius 1 is 0.906 bits per heavy atom. The normalized spacial score (nSPS) is 10.9. The molecule has 0 radical (unpaired) electrons. The van der Waals surface area contributed by atoms with Gasteiger partial charge in [0.05, 0.1) is 17.8 Å². The van der Waals surface area contributed by atoms with Crippen molar-refractivity contribution in [1.82, 2.24) is 14.5 Å². The number of oxazole rings is 1. The van der Waals surface area contributed by atoms with Crippen molar-refractivity contribution < 1.29 is 8.83 Å². The van der Waals surface area contributed by atoms with Gasteiger partial charge in [-0.25, -0.2) is 9.36 Å².